The molecule has 238 valence electrons. The summed E-state index contributed by atoms with van der Waals surface area (Å²) in [5, 5.41) is 3.28. The van der Waals surface area contributed by atoms with Crippen LogP contribution < -0.4 is 26.3 Å². The molecule has 0 saturated carbocycles. The van der Waals surface area contributed by atoms with Crippen molar-refractivity contribution < 1.29 is 23.5 Å². The molecular weight excluding hydrogens is 571 g/mol. The van der Waals surface area contributed by atoms with Gasteiger partial charge >= 0.3 is 0 Å². The van der Waals surface area contributed by atoms with Gasteiger partial charge < -0.3 is 26.3 Å². The van der Waals surface area contributed by atoms with Crippen molar-refractivity contribution in [2.24, 2.45) is 11.7 Å². The van der Waals surface area contributed by atoms with Crippen molar-refractivity contribution in [3.8, 4) is 11.5 Å². The highest BCUT2D eigenvalue weighted by atomic mass is 35.5. The lowest BCUT2D eigenvalue weighted by molar-refractivity contribution is -0.120. The number of carbonyl (C=O) groups excluding carboxylic acids is 2. The number of nitrogens with one attached hydrogen (secondary N) is 1. The molecule has 0 spiro atoms. The zero-order valence-electron chi connectivity index (χ0n) is 26.2. The molecule has 3 aromatic rings. The third-order valence-corrected chi connectivity index (χ3v) is 6.81. The third-order valence-electron chi connectivity index (χ3n) is 6.62. The Morgan fingerprint density at radius 2 is 1.79 bits per heavy atom. The van der Waals surface area contributed by atoms with Gasteiger partial charge in [-0.25, -0.2) is 4.39 Å². The third kappa shape index (κ3) is 13.6. The standard InChI is InChI=1S/C27H35FN4O3.C4H7ClO.C2H6/c1-31-27(33)7-5-3-4-6-18(16-29)17-35-26-15-24-22(14-25(26)34-2)19(10-11-32-24)12-20-8-9-21(30)13-23(20)28;1-2-3-4(5)6;1-2/h8-11,13-15,18H,3-7,12,16-17,29-30H2,1-2H3,(H,31,33);2-3H2,1H3;1-2H3. The second-order valence-corrected chi connectivity index (χ2v) is 10.2. The van der Waals surface area contributed by atoms with E-state index in [1.807, 2.05) is 39.0 Å². The normalized spacial score (nSPS) is 11.0. The van der Waals surface area contributed by atoms with Gasteiger partial charge in [0.2, 0.25) is 11.1 Å². The largest absolute Gasteiger partial charge is 0.493 e. The zero-order chi connectivity index (χ0) is 32.2. The van der Waals surface area contributed by atoms with Gasteiger partial charge in [-0.1, -0.05) is 39.7 Å². The number of hydrogen-bond donors (Lipinski definition) is 3. The first-order valence-electron chi connectivity index (χ1n) is 14.9. The lowest BCUT2D eigenvalue weighted by Crippen LogP contribution is -2.22. The van der Waals surface area contributed by atoms with Gasteiger partial charge in [0.05, 0.1) is 19.2 Å². The summed E-state index contributed by atoms with van der Waals surface area (Å²) < 4.78 is 26.1. The Labute approximate surface area is 260 Å². The number of nitrogens with zero attached hydrogens (tertiary/aromatic N) is 1. The monoisotopic (exact) mass is 618 g/mol. The molecule has 1 heterocycles. The molecule has 3 rings (SSSR count). The molecule has 0 radical (unpaired) electrons. The average Bonchev–Trinajstić information content (AvgIpc) is 3.00. The fourth-order valence-corrected chi connectivity index (χ4v) is 4.43. The molecular formula is C33H48ClFN4O4. The van der Waals surface area contributed by atoms with E-state index in [1.54, 1.807) is 32.5 Å². The fourth-order valence-electron chi connectivity index (χ4n) is 4.24. The van der Waals surface area contributed by atoms with E-state index in [0.29, 0.717) is 55.2 Å². The highest BCUT2D eigenvalue weighted by Crippen LogP contribution is 2.34. The Kier molecular flexibility index (Phi) is 18.6. The predicted molar refractivity (Wildman–Crippen MR) is 174 cm³/mol. The van der Waals surface area contributed by atoms with Crippen LogP contribution in [0.15, 0.2) is 42.6 Å². The van der Waals surface area contributed by atoms with Gasteiger partial charge in [-0.3, -0.25) is 14.6 Å². The number of pyridine rings is 1. The number of hydrogen-bond acceptors (Lipinski definition) is 7. The van der Waals surface area contributed by atoms with E-state index >= 15 is 0 Å². The lowest BCUT2D eigenvalue weighted by atomic mass is 10.00. The SMILES string of the molecule is CC.CCCC(=O)Cl.CNC(=O)CCCCCC(CN)COc1cc2nccc(Cc3ccc(N)cc3F)c2cc1OC. The second-order valence-electron chi connectivity index (χ2n) is 9.81. The number of anilines is 1. The molecule has 1 atom stereocenters. The summed E-state index contributed by atoms with van der Waals surface area (Å²) in [5.41, 5.74) is 14.3. The van der Waals surface area contributed by atoms with Crippen LogP contribution in [0.1, 0.15) is 76.8 Å². The van der Waals surface area contributed by atoms with Gasteiger partial charge in [0, 0.05) is 55.6 Å². The number of unbranched alkanes of at least 4 members (excludes halogenated alkanes) is 2. The number of nitrogen functional groups attached to an aromatic ring is 1. The number of amides is 1. The summed E-state index contributed by atoms with van der Waals surface area (Å²) in [5.74, 6) is 1.13. The van der Waals surface area contributed by atoms with E-state index in [0.717, 1.165) is 48.6 Å². The predicted octanol–water partition coefficient (Wildman–Crippen LogP) is 6.78. The number of rotatable bonds is 15. The van der Waals surface area contributed by atoms with Gasteiger partial charge in [0.25, 0.3) is 0 Å². The maximum absolute atomic E-state index is 14.4. The van der Waals surface area contributed by atoms with Gasteiger partial charge in [0.15, 0.2) is 11.5 Å². The Bertz CT molecular complexity index is 1280. The molecule has 0 fully saturated rings. The second kappa shape index (κ2) is 21.3. The van der Waals surface area contributed by atoms with Crippen LogP contribution in [0.25, 0.3) is 10.9 Å². The van der Waals surface area contributed by atoms with Gasteiger partial charge in [-0.15, -0.1) is 0 Å². The van der Waals surface area contributed by atoms with Crippen LogP contribution in [0.2, 0.25) is 0 Å². The highest BCUT2D eigenvalue weighted by molar-refractivity contribution is 6.63. The topological polar surface area (TPSA) is 130 Å². The molecule has 1 amide bonds. The molecule has 10 heteroatoms. The zero-order valence-corrected chi connectivity index (χ0v) is 26.9. The molecule has 0 bridgehead atoms. The van der Waals surface area contributed by atoms with E-state index < -0.39 is 0 Å². The van der Waals surface area contributed by atoms with E-state index in [9.17, 15) is 14.0 Å². The van der Waals surface area contributed by atoms with Crippen LogP contribution in [0.3, 0.4) is 0 Å². The lowest BCUT2D eigenvalue weighted by Gasteiger charge is -2.18. The minimum absolute atomic E-state index is 0.0717. The molecule has 0 aliphatic rings. The van der Waals surface area contributed by atoms with E-state index in [2.05, 4.69) is 10.3 Å². The summed E-state index contributed by atoms with van der Waals surface area (Å²) in [6.45, 7) is 6.89. The van der Waals surface area contributed by atoms with E-state index in [-0.39, 0.29) is 22.9 Å². The van der Waals surface area contributed by atoms with Gasteiger partial charge in [0.1, 0.15) is 5.82 Å². The van der Waals surface area contributed by atoms with Crippen molar-refractivity contribution in [1.29, 1.82) is 0 Å². The molecule has 5 N–H and O–H groups in total. The summed E-state index contributed by atoms with van der Waals surface area (Å²) >= 11 is 4.94. The van der Waals surface area contributed by atoms with Crippen molar-refractivity contribution in [3.63, 3.8) is 0 Å². The maximum Gasteiger partial charge on any atom is 0.221 e. The van der Waals surface area contributed by atoms with Crippen LogP contribution in [-0.2, 0) is 16.0 Å². The Morgan fingerprint density at radius 1 is 1.05 bits per heavy atom. The Hall–Kier alpha value is -3.43. The van der Waals surface area contributed by atoms with Gasteiger partial charge in [-0.2, -0.15) is 0 Å². The molecule has 8 nitrogen and oxygen atoms in total. The van der Waals surface area contributed by atoms with Crippen LogP contribution in [0.4, 0.5) is 10.1 Å². The first kappa shape index (κ1) is 37.6. The van der Waals surface area contributed by atoms with Crippen LogP contribution in [0.5, 0.6) is 11.5 Å². The minimum Gasteiger partial charge on any atom is -0.493 e. The quantitative estimate of drug-likeness (QED) is 0.0972. The maximum atomic E-state index is 14.4. The molecule has 0 aliphatic carbocycles. The van der Waals surface area contributed by atoms with Crippen LogP contribution in [0, 0.1) is 11.7 Å². The molecule has 43 heavy (non-hydrogen) atoms. The number of carbonyl (C=O) groups is 2. The average molecular weight is 619 g/mol. The smallest absolute Gasteiger partial charge is 0.221 e. The molecule has 1 unspecified atom stereocenters. The van der Waals surface area contributed by atoms with Crippen LogP contribution >= 0.6 is 11.6 Å². The molecule has 1 aromatic heterocycles. The van der Waals surface area contributed by atoms with Crippen molar-refractivity contribution in [3.05, 3.63) is 59.5 Å². The first-order valence-corrected chi connectivity index (χ1v) is 15.3. The number of halogens is 2. The number of nitrogens with two attached hydrogens (primary N) is 2. The number of methoxy groups -OCH3 is 1. The molecule has 0 saturated heterocycles. The van der Waals surface area contributed by atoms with Gasteiger partial charge in [-0.05, 0) is 72.8 Å². The fraction of sp³-hybridized carbons (Fsp3) is 0.485. The van der Waals surface area contributed by atoms with Crippen molar-refractivity contribution in [1.82, 2.24) is 10.3 Å². The number of fused-ring (bicyclic) bond motifs is 1. The summed E-state index contributed by atoms with van der Waals surface area (Å²) in [7, 11) is 3.25. The number of ether oxygens (including phenoxy) is 2. The van der Waals surface area contributed by atoms with Crippen LogP contribution in [-0.4, -0.2) is 43.4 Å². The van der Waals surface area contributed by atoms with E-state index in [4.69, 9.17) is 32.5 Å². The summed E-state index contributed by atoms with van der Waals surface area (Å²) in [6, 6.07) is 10.4. The van der Waals surface area contributed by atoms with E-state index in [1.165, 1.54) is 6.07 Å². The number of aromatic nitrogens is 1. The van der Waals surface area contributed by atoms with Crippen molar-refractivity contribution in [2.45, 2.75) is 72.1 Å². The Morgan fingerprint density at radius 3 is 2.37 bits per heavy atom. The highest BCUT2D eigenvalue weighted by Gasteiger charge is 2.15. The molecule has 2 aromatic carbocycles. The summed E-state index contributed by atoms with van der Waals surface area (Å²) in [4.78, 5) is 25.6. The van der Waals surface area contributed by atoms with Crippen molar-refractivity contribution >= 4 is 39.3 Å². The summed E-state index contributed by atoms with van der Waals surface area (Å²) in [6.07, 6.45) is 7.78. The van der Waals surface area contributed by atoms with Crippen molar-refractivity contribution in [2.75, 3.05) is 33.0 Å². The minimum atomic E-state index is -0.330. The number of benzene rings is 2. The first-order chi connectivity index (χ1) is 20.7. The molecule has 0 aliphatic heterocycles. The Balaban J connectivity index is 0.00000103.